The molecule has 1 fully saturated rings. The van der Waals surface area contributed by atoms with Crippen LogP contribution in [0, 0.1) is 13.8 Å². The molecule has 20 heavy (non-hydrogen) atoms. The lowest BCUT2D eigenvalue weighted by atomic mass is 9.96. The molecule has 0 aliphatic carbocycles. The van der Waals surface area contributed by atoms with Gasteiger partial charge in [-0.2, -0.15) is 11.8 Å². The molecule has 1 amide bonds. The van der Waals surface area contributed by atoms with E-state index in [0.29, 0.717) is 6.54 Å². The summed E-state index contributed by atoms with van der Waals surface area (Å²) in [6.07, 6.45) is 2.00. The Morgan fingerprint density at radius 3 is 2.70 bits per heavy atom. The van der Waals surface area contributed by atoms with E-state index in [4.69, 9.17) is 4.74 Å². The molecule has 0 unspecified atom stereocenters. The van der Waals surface area contributed by atoms with Gasteiger partial charge in [-0.25, -0.2) is 0 Å². The van der Waals surface area contributed by atoms with Crippen LogP contribution in [0.3, 0.4) is 0 Å². The molecule has 1 aliphatic rings. The minimum atomic E-state index is -0.182. The molecule has 0 bridgehead atoms. The number of amides is 1. The lowest BCUT2D eigenvalue weighted by molar-refractivity contribution is -0.0149. The summed E-state index contributed by atoms with van der Waals surface area (Å²) < 4.78 is 5.69. The maximum absolute atomic E-state index is 12.3. The van der Waals surface area contributed by atoms with Gasteiger partial charge in [-0.05, 0) is 49.8 Å². The standard InChI is InChI=1S/C16H23NO2S/c1-12-4-5-13(2)14(10-12)15(18)17-11-16(19-3)6-8-20-9-7-16/h4-5,10H,6-9,11H2,1-3H3,(H,17,18). The van der Waals surface area contributed by atoms with Gasteiger partial charge < -0.3 is 10.1 Å². The summed E-state index contributed by atoms with van der Waals surface area (Å²) in [5.41, 5.74) is 2.70. The predicted octanol–water partition coefficient (Wildman–Crippen LogP) is 2.95. The molecule has 1 heterocycles. The first-order valence-corrected chi connectivity index (χ1v) is 8.20. The van der Waals surface area contributed by atoms with Crippen LogP contribution in [-0.4, -0.2) is 36.7 Å². The number of carbonyl (C=O) groups is 1. The number of hydrogen-bond donors (Lipinski definition) is 1. The van der Waals surface area contributed by atoms with Crippen molar-refractivity contribution in [3.63, 3.8) is 0 Å². The third-order valence-corrected chi connectivity index (χ3v) is 5.03. The van der Waals surface area contributed by atoms with Crippen molar-refractivity contribution in [2.75, 3.05) is 25.2 Å². The maximum atomic E-state index is 12.3. The Bertz CT molecular complexity index is 481. The quantitative estimate of drug-likeness (QED) is 0.927. The zero-order chi connectivity index (χ0) is 14.6. The first-order valence-electron chi connectivity index (χ1n) is 7.05. The summed E-state index contributed by atoms with van der Waals surface area (Å²) in [7, 11) is 1.75. The van der Waals surface area contributed by atoms with Crippen molar-refractivity contribution < 1.29 is 9.53 Å². The zero-order valence-electron chi connectivity index (χ0n) is 12.5. The number of aryl methyl sites for hydroxylation is 2. The third kappa shape index (κ3) is 3.55. The van der Waals surface area contributed by atoms with Gasteiger partial charge >= 0.3 is 0 Å². The van der Waals surface area contributed by atoms with Crippen molar-refractivity contribution in [2.45, 2.75) is 32.3 Å². The topological polar surface area (TPSA) is 38.3 Å². The SMILES string of the molecule is COC1(CNC(=O)c2cc(C)ccc2C)CCSCC1. The smallest absolute Gasteiger partial charge is 0.251 e. The van der Waals surface area contributed by atoms with Gasteiger partial charge in [-0.15, -0.1) is 0 Å². The van der Waals surface area contributed by atoms with E-state index in [1.165, 1.54) is 0 Å². The second kappa shape index (κ2) is 6.64. The predicted molar refractivity (Wildman–Crippen MR) is 84.5 cm³/mol. The van der Waals surface area contributed by atoms with E-state index >= 15 is 0 Å². The fourth-order valence-electron chi connectivity index (χ4n) is 2.51. The molecule has 1 aromatic carbocycles. The first kappa shape index (κ1) is 15.4. The Hall–Kier alpha value is -1.00. The van der Waals surface area contributed by atoms with Crippen molar-refractivity contribution in [1.82, 2.24) is 5.32 Å². The van der Waals surface area contributed by atoms with Crippen LogP contribution in [-0.2, 0) is 4.74 Å². The molecule has 4 heteroatoms. The number of carbonyl (C=O) groups excluding carboxylic acids is 1. The molecular formula is C16H23NO2S. The molecule has 0 saturated carbocycles. The second-order valence-corrected chi connectivity index (χ2v) is 6.73. The molecule has 2 rings (SSSR count). The lowest BCUT2D eigenvalue weighted by Crippen LogP contribution is -2.47. The maximum Gasteiger partial charge on any atom is 0.251 e. The number of methoxy groups -OCH3 is 1. The molecule has 0 spiro atoms. The molecule has 0 atom stereocenters. The van der Waals surface area contributed by atoms with Gasteiger partial charge in [0.05, 0.1) is 5.60 Å². The summed E-state index contributed by atoms with van der Waals surface area (Å²) in [5.74, 6) is 2.21. The van der Waals surface area contributed by atoms with E-state index in [1.54, 1.807) is 7.11 Å². The highest BCUT2D eigenvalue weighted by Crippen LogP contribution is 2.29. The van der Waals surface area contributed by atoms with E-state index in [9.17, 15) is 4.79 Å². The van der Waals surface area contributed by atoms with Gasteiger partial charge in [0.15, 0.2) is 0 Å². The van der Waals surface area contributed by atoms with Crippen molar-refractivity contribution in [3.8, 4) is 0 Å². The van der Waals surface area contributed by atoms with Gasteiger partial charge in [-0.1, -0.05) is 17.7 Å². The third-order valence-electron chi connectivity index (χ3n) is 4.05. The highest BCUT2D eigenvalue weighted by molar-refractivity contribution is 7.99. The minimum Gasteiger partial charge on any atom is -0.376 e. The number of nitrogens with one attached hydrogen (secondary N) is 1. The number of rotatable bonds is 4. The molecule has 0 aromatic heterocycles. The van der Waals surface area contributed by atoms with Crippen LogP contribution in [0.4, 0.5) is 0 Å². The molecular weight excluding hydrogens is 270 g/mol. The Kier molecular flexibility index (Phi) is 5.11. The van der Waals surface area contributed by atoms with Crippen LogP contribution in [0.25, 0.3) is 0 Å². The highest BCUT2D eigenvalue weighted by Gasteiger charge is 2.32. The molecule has 110 valence electrons. The number of hydrogen-bond acceptors (Lipinski definition) is 3. The molecule has 1 aliphatic heterocycles. The van der Waals surface area contributed by atoms with Crippen molar-refractivity contribution >= 4 is 17.7 Å². The Balaban J connectivity index is 2.02. The van der Waals surface area contributed by atoms with Crippen molar-refractivity contribution in [2.24, 2.45) is 0 Å². The van der Waals surface area contributed by atoms with Gasteiger partial charge in [0.25, 0.3) is 5.91 Å². The van der Waals surface area contributed by atoms with Gasteiger partial charge in [0, 0.05) is 19.2 Å². The number of ether oxygens (including phenoxy) is 1. The summed E-state index contributed by atoms with van der Waals surface area (Å²) in [6, 6.07) is 5.97. The number of benzene rings is 1. The van der Waals surface area contributed by atoms with Crippen LogP contribution in [0.15, 0.2) is 18.2 Å². The van der Waals surface area contributed by atoms with Gasteiger partial charge in [0.1, 0.15) is 0 Å². The van der Waals surface area contributed by atoms with E-state index in [2.05, 4.69) is 5.32 Å². The highest BCUT2D eigenvalue weighted by atomic mass is 32.2. The van der Waals surface area contributed by atoms with Gasteiger partial charge in [0.2, 0.25) is 0 Å². The monoisotopic (exact) mass is 293 g/mol. The van der Waals surface area contributed by atoms with E-state index < -0.39 is 0 Å². The summed E-state index contributed by atoms with van der Waals surface area (Å²) in [6.45, 7) is 4.57. The van der Waals surface area contributed by atoms with E-state index in [-0.39, 0.29) is 11.5 Å². The van der Waals surface area contributed by atoms with E-state index in [1.807, 2.05) is 43.8 Å². The summed E-state index contributed by atoms with van der Waals surface area (Å²) in [5, 5.41) is 3.06. The molecule has 3 nitrogen and oxygen atoms in total. The van der Waals surface area contributed by atoms with Crippen LogP contribution in [0.1, 0.15) is 34.3 Å². The fourth-order valence-corrected chi connectivity index (χ4v) is 3.75. The van der Waals surface area contributed by atoms with Crippen LogP contribution in [0.5, 0.6) is 0 Å². The Morgan fingerprint density at radius 2 is 2.05 bits per heavy atom. The fraction of sp³-hybridized carbons (Fsp3) is 0.562. The van der Waals surface area contributed by atoms with E-state index in [0.717, 1.165) is 41.0 Å². The summed E-state index contributed by atoms with van der Waals surface area (Å²) >= 11 is 1.95. The van der Waals surface area contributed by atoms with Gasteiger partial charge in [-0.3, -0.25) is 4.79 Å². The molecule has 0 radical (unpaired) electrons. The van der Waals surface area contributed by atoms with Crippen molar-refractivity contribution in [3.05, 3.63) is 34.9 Å². The average molecular weight is 293 g/mol. The lowest BCUT2D eigenvalue weighted by Gasteiger charge is -2.35. The Labute approximate surface area is 125 Å². The van der Waals surface area contributed by atoms with Crippen LogP contribution in [0.2, 0.25) is 0 Å². The van der Waals surface area contributed by atoms with Crippen LogP contribution < -0.4 is 5.32 Å². The Morgan fingerprint density at radius 1 is 1.35 bits per heavy atom. The second-order valence-electron chi connectivity index (χ2n) is 5.50. The summed E-state index contributed by atoms with van der Waals surface area (Å²) in [4.78, 5) is 12.3. The average Bonchev–Trinajstić information content (AvgIpc) is 2.48. The molecule has 1 aromatic rings. The van der Waals surface area contributed by atoms with Crippen LogP contribution >= 0.6 is 11.8 Å². The molecule has 1 saturated heterocycles. The molecule has 1 N–H and O–H groups in total. The minimum absolute atomic E-state index is 0.000788. The number of thioether (sulfide) groups is 1. The zero-order valence-corrected chi connectivity index (χ0v) is 13.3. The first-order chi connectivity index (χ1) is 9.56. The van der Waals surface area contributed by atoms with Crippen molar-refractivity contribution in [1.29, 1.82) is 0 Å². The largest absolute Gasteiger partial charge is 0.376 e. The normalized spacial score (nSPS) is 17.8.